The van der Waals surface area contributed by atoms with Crippen LogP contribution in [0.1, 0.15) is 30.5 Å². The molecule has 1 amide bonds. The summed E-state index contributed by atoms with van der Waals surface area (Å²) >= 11 is 0. The maximum absolute atomic E-state index is 13.7. The smallest absolute Gasteiger partial charge is 0.311 e. The Balaban J connectivity index is 1.93. The van der Waals surface area contributed by atoms with Gasteiger partial charge in [0, 0.05) is 37.8 Å². The number of halogens is 1. The number of anilines is 1. The number of methoxy groups -OCH3 is 1. The van der Waals surface area contributed by atoms with Crippen LogP contribution in [0.15, 0.2) is 36.4 Å². The van der Waals surface area contributed by atoms with Gasteiger partial charge < -0.3 is 15.0 Å². The predicted molar refractivity (Wildman–Crippen MR) is 98.1 cm³/mol. The van der Waals surface area contributed by atoms with E-state index in [1.807, 2.05) is 0 Å². The number of nitrogens with one attached hydrogen (secondary N) is 1. The normalized spacial score (nSPS) is 16.3. The minimum atomic E-state index is -0.503. The molecule has 0 radical (unpaired) electrons. The fraction of sp³-hybridized carbons (Fsp3) is 0.316. The number of nitro benzene ring substituents is 1. The highest BCUT2D eigenvalue weighted by atomic mass is 19.1. The molecule has 2 aromatic rings. The third-order valence-corrected chi connectivity index (χ3v) is 4.69. The van der Waals surface area contributed by atoms with Gasteiger partial charge in [0.15, 0.2) is 5.75 Å². The summed E-state index contributed by atoms with van der Waals surface area (Å²) in [6, 6.07) is 8.94. The minimum Gasteiger partial charge on any atom is -0.490 e. The summed E-state index contributed by atoms with van der Waals surface area (Å²) in [6.07, 6.45) is 0.623. The number of carbonyl (C=O) groups excluding carboxylic acids is 1. The van der Waals surface area contributed by atoms with Crippen LogP contribution in [0.25, 0.3) is 0 Å². The number of rotatable bonds is 4. The Hall–Kier alpha value is -3.16. The van der Waals surface area contributed by atoms with Crippen LogP contribution in [0.3, 0.4) is 0 Å². The van der Waals surface area contributed by atoms with E-state index in [1.165, 1.54) is 32.2 Å². The molecule has 27 heavy (non-hydrogen) atoms. The van der Waals surface area contributed by atoms with Gasteiger partial charge in [-0.3, -0.25) is 14.9 Å². The van der Waals surface area contributed by atoms with E-state index >= 15 is 0 Å². The molecule has 1 aliphatic heterocycles. The van der Waals surface area contributed by atoms with Crippen molar-refractivity contribution in [3.63, 3.8) is 0 Å². The summed E-state index contributed by atoms with van der Waals surface area (Å²) < 4.78 is 18.8. The lowest BCUT2D eigenvalue weighted by molar-refractivity contribution is -0.385. The van der Waals surface area contributed by atoms with Crippen molar-refractivity contribution in [3.8, 4) is 5.75 Å². The molecule has 3 rings (SSSR count). The van der Waals surface area contributed by atoms with E-state index in [4.69, 9.17) is 4.74 Å². The van der Waals surface area contributed by atoms with Crippen LogP contribution in [0, 0.1) is 15.9 Å². The molecule has 0 fully saturated rings. The number of fused-ring (bicyclic) bond motifs is 1. The Morgan fingerprint density at radius 2 is 2.11 bits per heavy atom. The Bertz CT molecular complexity index is 887. The Labute approximate surface area is 155 Å². The number of amides is 1. The lowest BCUT2D eigenvalue weighted by atomic mass is 9.98. The first kappa shape index (κ1) is 18.6. The molecule has 8 heteroatoms. The Morgan fingerprint density at radius 1 is 1.33 bits per heavy atom. The summed E-state index contributed by atoms with van der Waals surface area (Å²) in [7, 11) is 1.38. The molecule has 1 atom stereocenters. The number of hydrogen-bond acceptors (Lipinski definition) is 5. The molecule has 2 aromatic carbocycles. The third kappa shape index (κ3) is 3.99. The predicted octanol–water partition coefficient (Wildman–Crippen LogP) is 3.65. The molecule has 1 unspecified atom stereocenters. The zero-order chi connectivity index (χ0) is 19.6. The van der Waals surface area contributed by atoms with Crippen LogP contribution in [0.5, 0.6) is 5.75 Å². The van der Waals surface area contributed by atoms with Gasteiger partial charge in [-0.15, -0.1) is 0 Å². The van der Waals surface area contributed by atoms with Crippen molar-refractivity contribution >= 4 is 17.3 Å². The maximum atomic E-state index is 13.7. The molecule has 0 saturated heterocycles. The molecule has 0 spiro atoms. The van der Waals surface area contributed by atoms with Crippen molar-refractivity contribution in [3.05, 3.63) is 63.5 Å². The van der Waals surface area contributed by atoms with E-state index in [0.29, 0.717) is 25.2 Å². The Morgan fingerprint density at radius 3 is 2.78 bits per heavy atom. The molecule has 1 aliphatic rings. The molecule has 0 bridgehead atoms. The van der Waals surface area contributed by atoms with Gasteiger partial charge in [-0.1, -0.05) is 6.07 Å². The maximum Gasteiger partial charge on any atom is 0.311 e. The molecule has 0 aliphatic carbocycles. The third-order valence-electron chi connectivity index (χ3n) is 4.69. The quantitative estimate of drug-likeness (QED) is 0.653. The first-order chi connectivity index (χ1) is 12.9. The molecule has 142 valence electrons. The Kier molecular flexibility index (Phi) is 5.25. The fourth-order valence-corrected chi connectivity index (χ4v) is 3.31. The van der Waals surface area contributed by atoms with Crippen molar-refractivity contribution in [1.29, 1.82) is 0 Å². The first-order valence-corrected chi connectivity index (χ1v) is 8.52. The number of ether oxygens (including phenoxy) is 1. The average molecular weight is 373 g/mol. The minimum absolute atomic E-state index is 0.0668. The first-order valence-electron chi connectivity index (χ1n) is 8.52. The van der Waals surface area contributed by atoms with E-state index in [2.05, 4.69) is 5.32 Å². The van der Waals surface area contributed by atoms with Crippen LogP contribution in [-0.4, -0.2) is 29.4 Å². The van der Waals surface area contributed by atoms with Crippen molar-refractivity contribution in [2.45, 2.75) is 25.9 Å². The van der Waals surface area contributed by atoms with Gasteiger partial charge in [0.2, 0.25) is 5.91 Å². The zero-order valence-corrected chi connectivity index (χ0v) is 15.1. The summed E-state index contributed by atoms with van der Waals surface area (Å²) in [5, 5.41) is 14.4. The number of nitrogens with zero attached hydrogens (tertiary/aromatic N) is 2. The SMILES string of the molecule is COc1cc(NC2CCN(C(C)=O)Cc3cc(F)ccc32)ccc1[N+](=O)[O-]. The standard InChI is InChI=1S/C19H20FN3O4/c1-12(24)22-8-7-17(16-5-3-14(20)9-13(16)11-22)21-15-4-6-18(23(25)26)19(10-15)27-2/h3-6,9-10,17,21H,7-8,11H2,1-2H3. The van der Waals surface area contributed by atoms with Gasteiger partial charge in [-0.05, 0) is 35.7 Å². The monoisotopic (exact) mass is 373 g/mol. The van der Waals surface area contributed by atoms with Gasteiger partial charge >= 0.3 is 5.69 Å². The van der Waals surface area contributed by atoms with E-state index in [1.54, 1.807) is 23.1 Å². The van der Waals surface area contributed by atoms with Crippen molar-refractivity contribution in [2.75, 3.05) is 19.0 Å². The van der Waals surface area contributed by atoms with Crippen LogP contribution in [0.4, 0.5) is 15.8 Å². The number of nitro groups is 1. The van der Waals surface area contributed by atoms with E-state index in [-0.39, 0.29) is 29.2 Å². The molecular formula is C19H20FN3O4. The summed E-state index contributed by atoms with van der Waals surface area (Å²) in [5.41, 5.74) is 2.18. The van der Waals surface area contributed by atoms with Crippen molar-refractivity contribution in [2.24, 2.45) is 0 Å². The summed E-state index contributed by atoms with van der Waals surface area (Å²) in [5.74, 6) is -0.263. The molecular weight excluding hydrogens is 353 g/mol. The van der Waals surface area contributed by atoms with Crippen LogP contribution < -0.4 is 10.1 Å². The number of hydrogen-bond donors (Lipinski definition) is 1. The second kappa shape index (κ2) is 7.61. The lowest BCUT2D eigenvalue weighted by Gasteiger charge is -2.21. The van der Waals surface area contributed by atoms with Crippen molar-refractivity contribution < 1.29 is 18.8 Å². The number of carbonyl (C=O) groups is 1. The van der Waals surface area contributed by atoms with E-state index < -0.39 is 4.92 Å². The van der Waals surface area contributed by atoms with Gasteiger partial charge in [0.25, 0.3) is 0 Å². The van der Waals surface area contributed by atoms with E-state index in [9.17, 15) is 19.3 Å². The molecule has 7 nitrogen and oxygen atoms in total. The number of benzene rings is 2. The highest BCUT2D eigenvalue weighted by Crippen LogP contribution is 2.34. The molecule has 0 aromatic heterocycles. The van der Waals surface area contributed by atoms with Gasteiger partial charge in [0.05, 0.1) is 18.1 Å². The second-order valence-corrected chi connectivity index (χ2v) is 6.41. The largest absolute Gasteiger partial charge is 0.490 e. The van der Waals surface area contributed by atoms with Gasteiger partial charge in [0.1, 0.15) is 5.82 Å². The van der Waals surface area contributed by atoms with E-state index in [0.717, 1.165) is 11.1 Å². The molecule has 0 saturated carbocycles. The lowest BCUT2D eigenvalue weighted by Crippen LogP contribution is -2.28. The molecule has 1 heterocycles. The zero-order valence-electron chi connectivity index (χ0n) is 15.1. The summed E-state index contributed by atoms with van der Waals surface area (Å²) in [6.45, 7) is 2.37. The van der Waals surface area contributed by atoms with Crippen molar-refractivity contribution in [1.82, 2.24) is 4.90 Å². The molecule has 1 N–H and O–H groups in total. The second-order valence-electron chi connectivity index (χ2n) is 6.41. The fourth-order valence-electron chi connectivity index (χ4n) is 3.31. The highest BCUT2D eigenvalue weighted by molar-refractivity contribution is 5.73. The average Bonchev–Trinajstić information content (AvgIpc) is 2.80. The van der Waals surface area contributed by atoms with Gasteiger partial charge in [-0.2, -0.15) is 0 Å². The topological polar surface area (TPSA) is 84.7 Å². The van der Waals surface area contributed by atoms with Crippen LogP contribution in [0.2, 0.25) is 0 Å². The highest BCUT2D eigenvalue weighted by Gasteiger charge is 2.25. The summed E-state index contributed by atoms with van der Waals surface area (Å²) in [4.78, 5) is 24.1. The van der Waals surface area contributed by atoms with Crippen LogP contribution in [-0.2, 0) is 11.3 Å². The van der Waals surface area contributed by atoms with Crippen LogP contribution >= 0.6 is 0 Å². The van der Waals surface area contributed by atoms with Gasteiger partial charge in [-0.25, -0.2) is 4.39 Å².